The van der Waals surface area contributed by atoms with Crippen molar-refractivity contribution < 1.29 is 0 Å². The Hall–Kier alpha value is -7.09. The van der Waals surface area contributed by atoms with Crippen LogP contribution in [0, 0.1) is 11.3 Å². The van der Waals surface area contributed by atoms with Crippen LogP contribution in [0.15, 0.2) is 182 Å². The third-order valence-electron chi connectivity index (χ3n) is 9.57. The summed E-state index contributed by atoms with van der Waals surface area (Å²) in [5.41, 5.74) is 14.7. The molecule has 0 saturated carbocycles. The van der Waals surface area contributed by atoms with E-state index in [1.807, 2.05) is 36.4 Å². The fourth-order valence-electron chi connectivity index (χ4n) is 6.95. The second-order valence-corrected chi connectivity index (χ2v) is 12.6. The molecular weight excluding hydrogens is 621 g/mol. The van der Waals surface area contributed by atoms with Crippen LogP contribution in [0.2, 0.25) is 0 Å². The standard InChI is InChI=1S/C47H30N4/c48-31-32-15-17-33(18-16-32)34-19-21-37(22-20-34)40-27-28-41(43-14-8-7-13-42(40)43)38-23-25-39(26-24-38)51-49-46-29-44(35-9-3-1-4-10-35)45(30-47(46)50-51)36-11-5-2-6-12-36/h1-30H. The lowest BCUT2D eigenvalue weighted by atomic mass is 9.91. The van der Waals surface area contributed by atoms with E-state index in [-0.39, 0.29) is 0 Å². The molecule has 0 aliphatic carbocycles. The smallest absolute Gasteiger partial charge is 0.114 e. The van der Waals surface area contributed by atoms with Crippen LogP contribution in [-0.2, 0) is 0 Å². The Morgan fingerprint density at radius 1 is 0.373 bits per heavy atom. The first-order chi connectivity index (χ1) is 25.2. The number of benzene rings is 8. The van der Waals surface area contributed by atoms with Crippen molar-refractivity contribution in [2.75, 3.05) is 0 Å². The SMILES string of the molecule is N#Cc1ccc(-c2ccc(-c3ccc(-c4ccc(-n5nc6cc(-c7ccccc7)c(-c7ccccc7)cc6n5)cc4)c4ccccc34)cc2)cc1. The fourth-order valence-corrected chi connectivity index (χ4v) is 6.95. The maximum atomic E-state index is 9.15. The lowest BCUT2D eigenvalue weighted by Gasteiger charge is -2.13. The summed E-state index contributed by atoms with van der Waals surface area (Å²) in [5, 5.41) is 21.4. The van der Waals surface area contributed by atoms with Gasteiger partial charge in [0.05, 0.1) is 17.3 Å². The van der Waals surface area contributed by atoms with Gasteiger partial charge in [-0.3, -0.25) is 0 Å². The number of aromatic nitrogens is 3. The molecule has 0 fully saturated rings. The van der Waals surface area contributed by atoms with Crippen LogP contribution >= 0.6 is 0 Å². The van der Waals surface area contributed by atoms with Crippen molar-refractivity contribution in [3.05, 3.63) is 188 Å². The summed E-state index contributed by atoms with van der Waals surface area (Å²) in [7, 11) is 0. The highest BCUT2D eigenvalue weighted by molar-refractivity contribution is 6.05. The van der Waals surface area contributed by atoms with Crippen molar-refractivity contribution in [2.24, 2.45) is 0 Å². The largest absolute Gasteiger partial charge is 0.192 e. The summed E-state index contributed by atoms with van der Waals surface area (Å²) in [6, 6.07) is 65.3. The van der Waals surface area contributed by atoms with E-state index in [2.05, 4.69) is 152 Å². The molecule has 0 amide bonds. The molecule has 0 atom stereocenters. The molecule has 4 nitrogen and oxygen atoms in total. The highest BCUT2D eigenvalue weighted by Gasteiger charge is 2.15. The number of rotatable bonds is 6. The Kier molecular flexibility index (Phi) is 7.50. The third-order valence-corrected chi connectivity index (χ3v) is 9.57. The first kappa shape index (κ1) is 30.0. The summed E-state index contributed by atoms with van der Waals surface area (Å²) < 4.78 is 0. The molecule has 4 heteroatoms. The third kappa shape index (κ3) is 5.63. The first-order valence-corrected chi connectivity index (χ1v) is 17.0. The topological polar surface area (TPSA) is 54.5 Å². The lowest BCUT2D eigenvalue weighted by molar-refractivity contribution is 0.766. The van der Waals surface area contributed by atoms with Crippen molar-refractivity contribution in [1.82, 2.24) is 15.0 Å². The summed E-state index contributed by atoms with van der Waals surface area (Å²) in [6.45, 7) is 0. The summed E-state index contributed by atoms with van der Waals surface area (Å²) >= 11 is 0. The van der Waals surface area contributed by atoms with E-state index in [1.54, 1.807) is 4.80 Å². The molecular formula is C47H30N4. The van der Waals surface area contributed by atoms with Crippen LogP contribution in [-0.4, -0.2) is 15.0 Å². The molecule has 9 rings (SSSR count). The number of fused-ring (bicyclic) bond motifs is 2. The Bertz CT molecular complexity index is 2630. The van der Waals surface area contributed by atoms with E-state index in [1.165, 1.54) is 21.9 Å². The zero-order valence-corrected chi connectivity index (χ0v) is 27.6. The maximum Gasteiger partial charge on any atom is 0.114 e. The number of nitriles is 1. The lowest BCUT2D eigenvalue weighted by Crippen LogP contribution is -1.98. The average molecular weight is 651 g/mol. The molecule has 0 aliphatic rings. The summed E-state index contributed by atoms with van der Waals surface area (Å²) in [4.78, 5) is 1.74. The van der Waals surface area contributed by atoms with Crippen LogP contribution in [0.25, 0.3) is 83.1 Å². The van der Waals surface area contributed by atoms with Gasteiger partial charge in [-0.25, -0.2) is 0 Å². The second-order valence-electron chi connectivity index (χ2n) is 12.6. The predicted molar refractivity (Wildman–Crippen MR) is 208 cm³/mol. The number of nitrogens with zero attached hydrogens (tertiary/aromatic N) is 4. The average Bonchev–Trinajstić information content (AvgIpc) is 3.64. The Balaban J connectivity index is 1.04. The fraction of sp³-hybridized carbons (Fsp3) is 0. The van der Waals surface area contributed by atoms with Gasteiger partial charge in [0.25, 0.3) is 0 Å². The molecule has 1 aromatic heterocycles. The van der Waals surface area contributed by atoms with Gasteiger partial charge in [0.1, 0.15) is 11.0 Å². The molecule has 1 heterocycles. The Labute approximate surface area is 296 Å². The zero-order chi connectivity index (χ0) is 34.1. The highest BCUT2D eigenvalue weighted by Crippen LogP contribution is 2.38. The Morgan fingerprint density at radius 3 is 1.24 bits per heavy atom. The van der Waals surface area contributed by atoms with Crippen LogP contribution < -0.4 is 0 Å². The van der Waals surface area contributed by atoms with Crippen molar-refractivity contribution in [3.8, 4) is 67.4 Å². The van der Waals surface area contributed by atoms with Gasteiger partial charge in [0.2, 0.25) is 0 Å². The van der Waals surface area contributed by atoms with Crippen molar-refractivity contribution in [3.63, 3.8) is 0 Å². The molecule has 0 radical (unpaired) electrons. The molecule has 238 valence electrons. The normalized spacial score (nSPS) is 11.1. The van der Waals surface area contributed by atoms with Crippen LogP contribution in [0.3, 0.4) is 0 Å². The van der Waals surface area contributed by atoms with E-state index in [0.29, 0.717) is 5.56 Å². The number of hydrogen-bond donors (Lipinski definition) is 0. The molecule has 0 aliphatic heterocycles. The van der Waals surface area contributed by atoms with Gasteiger partial charge >= 0.3 is 0 Å². The molecule has 0 saturated heterocycles. The van der Waals surface area contributed by atoms with Crippen LogP contribution in [0.4, 0.5) is 0 Å². The van der Waals surface area contributed by atoms with E-state index in [9.17, 15) is 0 Å². The Morgan fingerprint density at radius 2 is 0.765 bits per heavy atom. The van der Waals surface area contributed by atoms with Crippen molar-refractivity contribution in [1.29, 1.82) is 5.26 Å². The van der Waals surface area contributed by atoms with Crippen molar-refractivity contribution in [2.45, 2.75) is 0 Å². The van der Waals surface area contributed by atoms with Gasteiger partial charge in [-0.1, -0.05) is 146 Å². The van der Waals surface area contributed by atoms with E-state index in [4.69, 9.17) is 15.5 Å². The molecule has 51 heavy (non-hydrogen) atoms. The van der Waals surface area contributed by atoms with E-state index < -0.39 is 0 Å². The van der Waals surface area contributed by atoms with Gasteiger partial charge in [0.15, 0.2) is 0 Å². The zero-order valence-electron chi connectivity index (χ0n) is 27.6. The van der Waals surface area contributed by atoms with Crippen LogP contribution in [0.5, 0.6) is 0 Å². The molecule has 9 aromatic rings. The summed E-state index contributed by atoms with van der Waals surface area (Å²) in [5.74, 6) is 0. The highest BCUT2D eigenvalue weighted by atomic mass is 15.5. The molecule has 8 aromatic carbocycles. The minimum absolute atomic E-state index is 0.665. The van der Waals surface area contributed by atoms with Gasteiger partial charge in [-0.2, -0.15) is 10.1 Å². The van der Waals surface area contributed by atoms with Gasteiger partial charge in [-0.15, -0.1) is 10.2 Å². The van der Waals surface area contributed by atoms with Gasteiger partial charge in [-0.05, 0) is 103 Å². The predicted octanol–water partition coefficient (Wildman–Crippen LogP) is 11.8. The first-order valence-electron chi connectivity index (χ1n) is 17.0. The number of hydrogen-bond acceptors (Lipinski definition) is 3. The molecule has 0 bridgehead atoms. The van der Waals surface area contributed by atoms with E-state index >= 15 is 0 Å². The van der Waals surface area contributed by atoms with E-state index in [0.717, 1.165) is 61.2 Å². The van der Waals surface area contributed by atoms with Crippen molar-refractivity contribution >= 4 is 21.8 Å². The quantitative estimate of drug-likeness (QED) is 0.180. The van der Waals surface area contributed by atoms with Gasteiger partial charge < -0.3 is 0 Å². The summed E-state index contributed by atoms with van der Waals surface area (Å²) in [6.07, 6.45) is 0. The molecule has 0 unspecified atom stereocenters. The second kappa shape index (κ2) is 12.7. The minimum Gasteiger partial charge on any atom is -0.192 e. The molecule has 0 N–H and O–H groups in total. The maximum absolute atomic E-state index is 9.15. The van der Waals surface area contributed by atoms with Gasteiger partial charge in [0, 0.05) is 0 Å². The van der Waals surface area contributed by atoms with Crippen LogP contribution in [0.1, 0.15) is 5.56 Å². The minimum atomic E-state index is 0.665. The molecule has 0 spiro atoms. The monoisotopic (exact) mass is 650 g/mol.